The first-order chi connectivity index (χ1) is 3.18. The largest absolute Gasteiger partial charge is 0.387 e. The molecule has 38 valence electrons. The van der Waals surface area contributed by atoms with E-state index in [1.54, 1.807) is 0 Å². The van der Waals surface area contributed by atoms with Gasteiger partial charge in [-0.3, -0.25) is 4.79 Å². The van der Waals surface area contributed by atoms with Crippen LogP contribution < -0.4 is 5.73 Å². The molecule has 0 aromatic heterocycles. The standard InChI is InChI=1S/C3H5N3O/c1-2(6-5)3(4)7/h2H,1H3,(H-,4,7)/p+1. The highest BCUT2D eigenvalue weighted by Crippen LogP contribution is 1.82. The predicted molar refractivity (Wildman–Crippen MR) is 23.7 cm³/mol. The third kappa shape index (κ3) is 1.71. The molecule has 1 unspecified atom stereocenters. The van der Waals surface area contributed by atoms with E-state index in [0.717, 1.165) is 0 Å². The summed E-state index contributed by atoms with van der Waals surface area (Å²) in [7, 11) is 0. The molecule has 1 atom stereocenters. The van der Waals surface area contributed by atoms with Crippen LogP contribution in [-0.4, -0.2) is 11.9 Å². The highest BCUT2D eigenvalue weighted by molar-refractivity contribution is 5.80. The maximum atomic E-state index is 9.90. The van der Waals surface area contributed by atoms with Crippen molar-refractivity contribution >= 4 is 5.91 Å². The van der Waals surface area contributed by atoms with Crippen molar-refractivity contribution in [1.29, 1.82) is 5.39 Å². The Labute approximate surface area is 40.9 Å². The van der Waals surface area contributed by atoms with Gasteiger partial charge in [-0.05, 0) is 0 Å². The number of carbonyl (C=O) groups is 1. The van der Waals surface area contributed by atoms with Crippen LogP contribution in [0.25, 0.3) is 4.98 Å². The second-order valence-electron chi connectivity index (χ2n) is 1.19. The van der Waals surface area contributed by atoms with Crippen molar-refractivity contribution < 1.29 is 4.79 Å². The van der Waals surface area contributed by atoms with Crippen LogP contribution in [0.4, 0.5) is 0 Å². The summed E-state index contributed by atoms with van der Waals surface area (Å²) in [6.45, 7) is 1.41. The summed E-state index contributed by atoms with van der Waals surface area (Å²) in [6.07, 6.45) is 0. The smallest absolute Gasteiger partial charge is 0.363 e. The number of hydrogen-bond donors (Lipinski definition) is 1. The third-order valence-electron chi connectivity index (χ3n) is 0.585. The van der Waals surface area contributed by atoms with Crippen molar-refractivity contribution in [1.82, 2.24) is 0 Å². The molecule has 0 radical (unpaired) electrons. The molecule has 7 heavy (non-hydrogen) atoms. The van der Waals surface area contributed by atoms with Gasteiger partial charge in [-0.2, -0.15) is 0 Å². The van der Waals surface area contributed by atoms with Crippen molar-refractivity contribution in [3.05, 3.63) is 4.98 Å². The highest BCUT2D eigenvalue weighted by atomic mass is 16.1. The van der Waals surface area contributed by atoms with E-state index in [1.807, 2.05) is 0 Å². The van der Waals surface area contributed by atoms with Gasteiger partial charge in [0.05, 0.1) is 0 Å². The summed E-state index contributed by atoms with van der Waals surface area (Å²) in [5.74, 6) is -0.623. The minimum Gasteiger partial charge on any atom is -0.363 e. The number of primary amides is 1. The lowest BCUT2D eigenvalue weighted by Crippen LogP contribution is -2.22. The molecule has 0 aliphatic heterocycles. The summed E-state index contributed by atoms with van der Waals surface area (Å²) in [4.78, 5) is 12.5. The van der Waals surface area contributed by atoms with E-state index >= 15 is 0 Å². The Bertz CT molecular complexity index is 114. The van der Waals surface area contributed by atoms with Gasteiger partial charge in [-0.15, -0.1) is 0 Å². The molecule has 0 bridgehead atoms. The van der Waals surface area contributed by atoms with E-state index in [4.69, 9.17) is 5.39 Å². The molecule has 0 aromatic carbocycles. The minimum atomic E-state index is -0.778. The van der Waals surface area contributed by atoms with Crippen LogP contribution in [0.2, 0.25) is 0 Å². The average molecular weight is 100 g/mol. The molecule has 0 aromatic rings. The SMILES string of the molecule is CC([N+]#N)C(N)=O. The molecule has 1 amide bonds. The number of amides is 1. The van der Waals surface area contributed by atoms with Gasteiger partial charge in [0, 0.05) is 6.92 Å². The van der Waals surface area contributed by atoms with Crippen LogP contribution in [0.1, 0.15) is 6.92 Å². The van der Waals surface area contributed by atoms with Gasteiger partial charge in [0.25, 0.3) is 0 Å². The summed E-state index contributed by atoms with van der Waals surface area (Å²) >= 11 is 0. The predicted octanol–water partition coefficient (Wildman–Crippen LogP) is -0.287. The highest BCUT2D eigenvalue weighted by Gasteiger charge is 2.18. The second kappa shape index (κ2) is 2.13. The number of carbonyl (C=O) groups excluding carboxylic acids is 1. The summed E-state index contributed by atoms with van der Waals surface area (Å²) < 4.78 is 0. The Balaban J connectivity index is 3.63. The topological polar surface area (TPSA) is 71.2 Å². The van der Waals surface area contributed by atoms with E-state index in [2.05, 4.69) is 10.7 Å². The molecule has 0 heterocycles. The lowest BCUT2D eigenvalue weighted by Gasteiger charge is -1.75. The second-order valence-corrected chi connectivity index (χ2v) is 1.19. The monoisotopic (exact) mass is 100 g/mol. The van der Waals surface area contributed by atoms with Gasteiger partial charge in [-0.1, -0.05) is 0 Å². The Morgan fingerprint density at radius 3 is 2.43 bits per heavy atom. The molecule has 4 nitrogen and oxygen atoms in total. The lowest BCUT2D eigenvalue weighted by atomic mass is 10.4. The average Bonchev–Trinajstić information content (AvgIpc) is 1.65. The van der Waals surface area contributed by atoms with E-state index in [-0.39, 0.29) is 0 Å². The van der Waals surface area contributed by atoms with Gasteiger partial charge in [0.1, 0.15) is 4.98 Å². The van der Waals surface area contributed by atoms with Crippen molar-refractivity contribution in [3.8, 4) is 0 Å². The van der Waals surface area contributed by atoms with E-state index in [0.29, 0.717) is 0 Å². The van der Waals surface area contributed by atoms with Crippen LogP contribution in [-0.2, 0) is 4.79 Å². The fraction of sp³-hybridized carbons (Fsp3) is 0.667. The van der Waals surface area contributed by atoms with Gasteiger partial charge < -0.3 is 5.73 Å². The van der Waals surface area contributed by atoms with Gasteiger partial charge >= 0.3 is 11.9 Å². The zero-order valence-electron chi connectivity index (χ0n) is 3.96. The molecule has 0 saturated heterocycles. The molecule has 0 fully saturated rings. The Morgan fingerprint density at radius 2 is 2.43 bits per heavy atom. The Hall–Kier alpha value is -1.11. The van der Waals surface area contributed by atoms with Crippen molar-refractivity contribution in [2.75, 3.05) is 0 Å². The van der Waals surface area contributed by atoms with Crippen LogP contribution in [0.15, 0.2) is 0 Å². The van der Waals surface area contributed by atoms with E-state index in [9.17, 15) is 4.79 Å². The van der Waals surface area contributed by atoms with Gasteiger partial charge in [0.15, 0.2) is 0 Å². The van der Waals surface area contributed by atoms with Gasteiger partial charge in [0.2, 0.25) is 5.39 Å². The van der Waals surface area contributed by atoms with Crippen LogP contribution in [0.3, 0.4) is 0 Å². The molecule has 0 spiro atoms. The van der Waals surface area contributed by atoms with E-state index in [1.165, 1.54) is 6.92 Å². The maximum Gasteiger partial charge on any atom is 0.387 e. The normalized spacial score (nSPS) is 12.0. The molecule has 0 aliphatic carbocycles. The number of rotatable bonds is 1. The summed E-state index contributed by atoms with van der Waals surface area (Å²) in [5.41, 5.74) is 4.65. The quantitative estimate of drug-likeness (QED) is 0.460. The van der Waals surface area contributed by atoms with Crippen molar-refractivity contribution in [3.63, 3.8) is 0 Å². The van der Waals surface area contributed by atoms with Crippen LogP contribution >= 0.6 is 0 Å². The first-order valence-corrected chi connectivity index (χ1v) is 1.82. The molecule has 4 heteroatoms. The molecular weight excluding hydrogens is 94.1 g/mol. The molecule has 0 aliphatic rings. The first kappa shape index (κ1) is 5.89. The number of nitrogens with two attached hydrogens (primary N) is 1. The minimum absolute atomic E-state index is 0.623. The zero-order valence-corrected chi connectivity index (χ0v) is 3.96. The number of nitrogens with zero attached hydrogens (tertiary/aromatic N) is 2. The van der Waals surface area contributed by atoms with Crippen molar-refractivity contribution in [2.45, 2.75) is 13.0 Å². The lowest BCUT2D eigenvalue weighted by molar-refractivity contribution is -0.118. The van der Waals surface area contributed by atoms with E-state index < -0.39 is 11.9 Å². The van der Waals surface area contributed by atoms with Crippen molar-refractivity contribution in [2.24, 2.45) is 5.73 Å². The maximum absolute atomic E-state index is 9.90. The molecule has 0 rings (SSSR count). The Kier molecular flexibility index (Phi) is 1.79. The summed E-state index contributed by atoms with van der Waals surface area (Å²) in [6, 6.07) is -0.778. The third-order valence-corrected chi connectivity index (χ3v) is 0.585. The molecule has 0 saturated carbocycles. The van der Waals surface area contributed by atoms with Gasteiger partial charge in [-0.25, -0.2) is 0 Å². The van der Waals surface area contributed by atoms with Crippen LogP contribution in [0, 0.1) is 5.39 Å². The summed E-state index contributed by atoms with van der Waals surface area (Å²) in [5, 5.41) is 7.83. The fourth-order valence-corrected chi connectivity index (χ4v) is 0.0569. The zero-order chi connectivity index (χ0) is 5.86. The molecular formula is C3H6N3O+. The Morgan fingerprint density at radius 1 is 2.00 bits per heavy atom. The number of hydrogen-bond acceptors (Lipinski definition) is 2. The number of diazo groups is 1. The fourth-order valence-electron chi connectivity index (χ4n) is 0.0569. The first-order valence-electron chi connectivity index (χ1n) is 1.82. The van der Waals surface area contributed by atoms with Crippen LogP contribution in [0.5, 0.6) is 0 Å². The molecule has 2 N–H and O–H groups in total.